The maximum absolute atomic E-state index is 12.9. The van der Waals surface area contributed by atoms with Crippen LogP contribution in [0.2, 0.25) is 0 Å². The van der Waals surface area contributed by atoms with Gasteiger partial charge in [-0.1, -0.05) is 18.2 Å². The van der Waals surface area contributed by atoms with Crippen LogP contribution in [0.4, 0.5) is 0 Å². The Balaban J connectivity index is 0.00000205. The van der Waals surface area contributed by atoms with Crippen molar-refractivity contribution in [1.82, 2.24) is 34.8 Å². The normalized spacial score (nSPS) is 16.9. The standard InChI is InChI=1S/C20H23N7O.ClH/c28-20(17-8-12-27(24-17)16-4-2-1-3-5-16)25-10-6-15(7-11-25)19-23-22-18-14-21-9-13-26(18)19;/h1-5,8,12,15,21H,6-7,9-11,13-14H2;1H. The van der Waals surface area contributed by atoms with Crippen molar-refractivity contribution in [2.24, 2.45) is 0 Å². The molecule has 0 spiro atoms. The second-order valence-corrected chi connectivity index (χ2v) is 7.35. The highest BCUT2D eigenvalue weighted by Gasteiger charge is 2.29. The maximum Gasteiger partial charge on any atom is 0.274 e. The summed E-state index contributed by atoms with van der Waals surface area (Å²) >= 11 is 0. The van der Waals surface area contributed by atoms with Crippen LogP contribution in [-0.2, 0) is 13.1 Å². The van der Waals surface area contributed by atoms with Gasteiger partial charge in [0.05, 0.1) is 12.2 Å². The summed E-state index contributed by atoms with van der Waals surface area (Å²) in [6, 6.07) is 11.6. The van der Waals surface area contributed by atoms with Crippen molar-refractivity contribution in [2.45, 2.75) is 31.8 Å². The van der Waals surface area contributed by atoms with E-state index in [1.165, 1.54) is 0 Å². The number of carbonyl (C=O) groups is 1. The van der Waals surface area contributed by atoms with Crippen molar-refractivity contribution in [1.29, 1.82) is 0 Å². The zero-order valence-electron chi connectivity index (χ0n) is 16.1. The van der Waals surface area contributed by atoms with Crippen molar-refractivity contribution in [3.05, 3.63) is 59.9 Å². The first-order valence-electron chi connectivity index (χ1n) is 9.82. The van der Waals surface area contributed by atoms with Crippen LogP contribution in [0.5, 0.6) is 0 Å². The fourth-order valence-corrected chi connectivity index (χ4v) is 4.08. The molecule has 0 aliphatic carbocycles. The molecule has 0 bridgehead atoms. The minimum atomic E-state index is 0. The molecule has 29 heavy (non-hydrogen) atoms. The Bertz CT molecular complexity index is 976. The molecule has 4 heterocycles. The van der Waals surface area contributed by atoms with E-state index in [9.17, 15) is 4.79 Å². The molecule has 1 aromatic carbocycles. The number of piperidine rings is 1. The smallest absolute Gasteiger partial charge is 0.274 e. The van der Waals surface area contributed by atoms with E-state index < -0.39 is 0 Å². The lowest BCUT2D eigenvalue weighted by molar-refractivity contribution is 0.0703. The summed E-state index contributed by atoms with van der Waals surface area (Å²) in [4.78, 5) is 14.8. The molecule has 1 saturated heterocycles. The topological polar surface area (TPSA) is 80.9 Å². The number of carbonyl (C=O) groups excluding carboxylic acids is 1. The van der Waals surface area contributed by atoms with Crippen molar-refractivity contribution >= 4 is 18.3 Å². The lowest BCUT2D eigenvalue weighted by atomic mass is 9.95. The molecule has 3 aromatic rings. The molecular weight excluding hydrogens is 390 g/mol. The van der Waals surface area contributed by atoms with E-state index in [4.69, 9.17) is 0 Å². The summed E-state index contributed by atoms with van der Waals surface area (Å²) < 4.78 is 4.00. The van der Waals surface area contributed by atoms with Gasteiger partial charge in [-0.3, -0.25) is 4.79 Å². The Morgan fingerprint density at radius 1 is 1.03 bits per heavy atom. The van der Waals surface area contributed by atoms with E-state index in [1.54, 1.807) is 10.7 Å². The van der Waals surface area contributed by atoms with Crippen LogP contribution >= 0.6 is 12.4 Å². The fourth-order valence-electron chi connectivity index (χ4n) is 4.08. The van der Waals surface area contributed by atoms with Gasteiger partial charge in [0.2, 0.25) is 0 Å². The highest BCUT2D eigenvalue weighted by molar-refractivity contribution is 5.92. The van der Waals surface area contributed by atoms with E-state index in [1.807, 2.05) is 41.4 Å². The zero-order valence-corrected chi connectivity index (χ0v) is 16.9. The first-order valence-corrected chi connectivity index (χ1v) is 9.82. The third-order valence-corrected chi connectivity index (χ3v) is 5.63. The van der Waals surface area contributed by atoms with E-state index in [0.29, 0.717) is 11.6 Å². The molecule has 0 unspecified atom stereocenters. The number of likely N-dealkylation sites (tertiary alicyclic amines) is 1. The number of hydrogen-bond donors (Lipinski definition) is 1. The second-order valence-electron chi connectivity index (χ2n) is 7.35. The maximum atomic E-state index is 12.9. The minimum absolute atomic E-state index is 0. The monoisotopic (exact) mass is 413 g/mol. The average molecular weight is 414 g/mol. The molecule has 0 atom stereocenters. The van der Waals surface area contributed by atoms with Gasteiger partial charge in [-0.25, -0.2) is 4.68 Å². The van der Waals surface area contributed by atoms with Gasteiger partial charge in [0.1, 0.15) is 11.6 Å². The van der Waals surface area contributed by atoms with Gasteiger partial charge in [-0.2, -0.15) is 5.10 Å². The Kier molecular flexibility index (Phi) is 5.64. The Morgan fingerprint density at radius 2 is 1.83 bits per heavy atom. The molecule has 0 radical (unpaired) electrons. The van der Waals surface area contributed by atoms with Crippen LogP contribution in [-0.4, -0.2) is 55.0 Å². The molecule has 152 valence electrons. The van der Waals surface area contributed by atoms with E-state index in [-0.39, 0.29) is 18.3 Å². The summed E-state index contributed by atoms with van der Waals surface area (Å²) in [5.74, 6) is 2.47. The van der Waals surface area contributed by atoms with Gasteiger partial charge in [0.15, 0.2) is 5.69 Å². The number of amides is 1. The van der Waals surface area contributed by atoms with E-state index in [2.05, 4.69) is 25.2 Å². The molecule has 1 N–H and O–H groups in total. The highest BCUT2D eigenvalue weighted by atomic mass is 35.5. The van der Waals surface area contributed by atoms with Crippen molar-refractivity contribution in [2.75, 3.05) is 19.6 Å². The number of nitrogens with one attached hydrogen (secondary N) is 1. The number of benzene rings is 1. The number of halogens is 1. The van der Waals surface area contributed by atoms with Gasteiger partial charge in [0.25, 0.3) is 5.91 Å². The SMILES string of the molecule is Cl.O=C(c1ccn(-c2ccccc2)n1)N1CCC(c2nnc3n2CCNC3)CC1. The minimum Gasteiger partial charge on any atom is -0.337 e. The van der Waals surface area contributed by atoms with Crippen LogP contribution in [0, 0.1) is 0 Å². The summed E-state index contributed by atoms with van der Waals surface area (Å²) in [5, 5.41) is 16.6. The summed E-state index contributed by atoms with van der Waals surface area (Å²) in [6.07, 6.45) is 3.67. The molecule has 2 aromatic heterocycles. The van der Waals surface area contributed by atoms with Crippen molar-refractivity contribution < 1.29 is 4.79 Å². The predicted octanol–water partition coefficient (Wildman–Crippen LogP) is 2.01. The van der Waals surface area contributed by atoms with Gasteiger partial charge in [-0.05, 0) is 31.0 Å². The number of para-hydroxylation sites is 1. The quantitative estimate of drug-likeness (QED) is 0.710. The summed E-state index contributed by atoms with van der Waals surface area (Å²) in [7, 11) is 0. The van der Waals surface area contributed by atoms with E-state index >= 15 is 0 Å². The van der Waals surface area contributed by atoms with Crippen LogP contribution in [0.25, 0.3) is 5.69 Å². The first kappa shape index (κ1) is 19.6. The summed E-state index contributed by atoms with van der Waals surface area (Å²) in [5.41, 5.74) is 1.44. The van der Waals surface area contributed by atoms with Gasteiger partial charge in [0, 0.05) is 38.3 Å². The molecule has 1 amide bonds. The van der Waals surface area contributed by atoms with Crippen molar-refractivity contribution in [3.8, 4) is 5.69 Å². The predicted molar refractivity (Wildman–Crippen MR) is 110 cm³/mol. The van der Waals surface area contributed by atoms with Crippen LogP contribution in [0.1, 0.15) is 40.9 Å². The second kappa shape index (κ2) is 8.34. The Morgan fingerprint density at radius 3 is 2.62 bits per heavy atom. The largest absolute Gasteiger partial charge is 0.337 e. The Hall–Kier alpha value is -2.71. The van der Waals surface area contributed by atoms with Gasteiger partial charge < -0.3 is 14.8 Å². The number of aromatic nitrogens is 5. The third-order valence-electron chi connectivity index (χ3n) is 5.63. The van der Waals surface area contributed by atoms with Crippen molar-refractivity contribution in [3.63, 3.8) is 0 Å². The molecule has 5 rings (SSSR count). The average Bonchev–Trinajstić information content (AvgIpc) is 3.42. The third kappa shape index (κ3) is 3.77. The molecule has 8 nitrogen and oxygen atoms in total. The number of rotatable bonds is 3. The van der Waals surface area contributed by atoms with Crippen LogP contribution in [0.3, 0.4) is 0 Å². The Labute approximate surface area is 175 Å². The lowest BCUT2D eigenvalue weighted by Gasteiger charge is -2.31. The molecule has 2 aliphatic rings. The molecule has 0 saturated carbocycles. The number of fused-ring (bicyclic) bond motifs is 1. The lowest BCUT2D eigenvalue weighted by Crippen LogP contribution is -2.39. The molecule has 9 heteroatoms. The number of hydrogen-bond acceptors (Lipinski definition) is 5. The fraction of sp³-hybridized carbons (Fsp3) is 0.400. The van der Waals surface area contributed by atoms with E-state index in [0.717, 1.165) is 62.9 Å². The molecular formula is C20H24ClN7O. The van der Waals surface area contributed by atoms with Crippen LogP contribution < -0.4 is 5.32 Å². The molecule has 1 fully saturated rings. The molecule has 2 aliphatic heterocycles. The van der Waals surface area contributed by atoms with Crippen LogP contribution in [0.15, 0.2) is 42.6 Å². The van der Waals surface area contributed by atoms with Gasteiger partial charge >= 0.3 is 0 Å². The first-order chi connectivity index (χ1) is 13.8. The highest BCUT2D eigenvalue weighted by Crippen LogP contribution is 2.28. The number of nitrogens with zero attached hydrogens (tertiary/aromatic N) is 6. The zero-order chi connectivity index (χ0) is 18.9. The summed E-state index contributed by atoms with van der Waals surface area (Å²) in [6.45, 7) is 4.12. The van der Waals surface area contributed by atoms with Gasteiger partial charge in [-0.15, -0.1) is 22.6 Å².